The van der Waals surface area contributed by atoms with E-state index in [0.29, 0.717) is 13.2 Å². The second-order valence-electron chi connectivity index (χ2n) is 4.52. The minimum atomic E-state index is 0.612. The summed E-state index contributed by atoms with van der Waals surface area (Å²) in [5, 5.41) is 3.32. The van der Waals surface area contributed by atoms with E-state index in [0.717, 1.165) is 23.3 Å². The Balaban J connectivity index is 2.53. The molecular weight excluding hydrogens is 306 g/mol. The monoisotopic (exact) mass is 327 g/mol. The molecule has 0 unspecified atom stereocenters. The van der Waals surface area contributed by atoms with Gasteiger partial charge >= 0.3 is 0 Å². The van der Waals surface area contributed by atoms with Gasteiger partial charge in [0.25, 0.3) is 0 Å². The minimum absolute atomic E-state index is 0.612. The second-order valence-corrected chi connectivity index (χ2v) is 5.37. The van der Waals surface area contributed by atoms with Crippen LogP contribution >= 0.6 is 15.9 Å². The molecule has 0 aliphatic rings. The van der Waals surface area contributed by atoms with Crippen molar-refractivity contribution in [2.24, 2.45) is 0 Å². The normalized spacial score (nSPS) is 10.3. The lowest BCUT2D eigenvalue weighted by molar-refractivity contribution is 0.199. The summed E-state index contributed by atoms with van der Waals surface area (Å²) >= 11 is 3.55. The van der Waals surface area contributed by atoms with Crippen LogP contribution in [0.5, 0.6) is 5.75 Å². The average molecular weight is 328 g/mol. The van der Waals surface area contributed by atoms with E-state index in [-0.39, 0.29) is 0 Å². The second kappa shape index (κ2) is 9.13. The molecule has 0 amide bonds. The summed E-state index contributed by atoms with van der Waals surface area (Å²) in [5.41, 5.74) is 2.45. The average Bonchev–Trinajstić information content (AvgIpc) is 2.37. The van der Waals surface area contributed by atoms with Gasteiger partial charge in [-0.1, -0.05) is 21.5 Å². The van der Waals surface area contributed by atoms with E-state index in [1.54, 1.807) is 7.11 Å². The topological polar surface area (TPSA) is 30.5 Å². The van der Waals surface area contributed by atoms with Crippen molar-refractivity contribution in [2.75, 3.05) is 26.9 Å². The van der Waals surface area contributed by atoms with E-state index < -0.39 is 0 Å². The third-order valence-corrected chi connectivity index (χ3v) is 3.33. The predicted molar refractivity (Wildman–Crippen MR) is 82.7 cm³/mol. The quantitative estimate of drug-likeness (QED) is 0.585. The van der Waals surface area contributed by atoms with Crippen LogP contribution in [0.3, 0.4) is 0 Å². The lowest BCUT2D eigenvalue weighted by Gasteiger charge is -2.10. The number of allylic oxidation sites excluding steroid dienone is 1. The van der Waals surface area contributed by atoms with Crippen LogP contribution < -0.4 is 10.1 Å². The number of methoxy groups -OCH3 is 1. The fraction of sp³-hybridized carbons (Fsp3) is 0.467. The van der Waals surface area contributed by atoms with Crippen molar-refractivity contribution in [3.05, 3.63) is 39.9 Å². The van der Waals surface area contributed by atoms with E-state index in [4.69, 9.17) is 9.47 Å². The number of hydrogen-bond donors (Lipinski definition) is 1. The zero-order valence-corrected chi connectivity index (χ0v) is 13.4. The fourth-order valence-corrected chi connectivity index (χ4v) is 1.87. The molecule has 1 aromatic carbocycles. The van der Waals surface area contributed by atoms with Gasteiger partial charge < -0.3 is 14.8 Å². The molecule has 4 heteroatoms. The van der Waals surface area contributed by atoms with Gasteiger partial charge in [0.05, 0.1) is 6.61 Å². The summed E-state index contributed by atoms with van der Waals surface area (Å²) in [6, 6.07) is 6.05. The van der Waals surface area contributed by atoms with Crippen LogP contribution in [0.2, 0.25) is 0 Å². The zero-order valence-electron chi connectivity index (χ0n) is 11.8. The first-order chi connectivity index (χ1) is 9.13. The molecule has 1 aromatic rings. The number of hydrogen-bond acceptors (Lipinski definition) is 3. The molecule has 0 aromatic heterocycles. The van der Waals surface area contributed by atoms with E-state index in [1.165, 1.54) is 11.1 Å². The van der Waals surface area contributed by atoms with E-state index in [1.807, 2.05) is 12.1 Å². The van der Waals surface area contributed by atoms with Crippen LogP contribution in [0.25, 0.3) is 0 Å². The van der Waals surface area contributed by atoms with Crippen molar-refractivity contribution < 1.29 is 9.47 Å². The molecule has 0 saturated carbocycles. The lowest BCUT2D eigenvalue weighted by atomic mass is 10.2. The van der Waals surface area contributed by atoms with Crippen LogP contribution in [-0.4, -0.2) is 26.9 Å². The van der Waals surface area contributed by atoms with E-state index in [2.05, 4.69) is 47.2 Å². The first-order valence-corrected chi connectivity index (χ1v) is 7.17. The van der Waals surface area contributed by atoms with Gasteiger partial charge in [0, 0.05) is 24.7 Å². The van der Waals surface area contributed by atoms with Crippen molar-refractivity contribution in [1.29, 1.82) is 0 Å². The minimum Gasteiger partial charge on any atom is -0.490 e. The van der Waals surface area contributed by atoms with E-state index >= 15 is 0 Å². The van der Waals surface area contributed by atoms with Crippen molar-refractivity contribution >= 4 is 15.9 Å². The fourth-order valence-electron chi connectivity index (χ4n) is 1.48. The number of nitrogens with one attached hydrogen (secondary N) is 1. The molecule has 0 atom stereocenters. The van der Waals surface area contributed by atoms with Crippen LogP contribution in [0.1, 0.15) is 19.4 Å². The molecule has 0 aliphatic carbocycles. The molecule has 106 valence electrons. The predicted octanol–water partition coefficient (Wildman–Crippen LogP) is 3.53. The summed E-state index contributed by atoms with van der Waals surface area (Å²) in [6.07, 6.45) is 2.07. The third-order valence-electron chi connectivity index (χ3n) is 2.56. The largest absolute Gasteiger partial charge is 0.490 e. The Morgan fingerprint density at radius 3 is 2.84 bits per heavy atom. The highest BCUT2D eigenvalue weighted by Crippen LogP contribution is 2.22. The Morgan fingerprint density at radius 1 is 1.37 bits per heavy atom. The molecule has 3 nitrogen and oxygen atoms in total. The smallest absolute Gasteiger partial charge is 0.120 e. The summed E-state index contributed by atoms with van der Waals surface area (Å²) < 4.78 is 11.8. The third kappa shape index (κ3) is 6.76. The van der Waals surface area contributed by atoms with Gasteiger partial charge in [0.2, 0.25) is 0 Å². The highest BCUT2D eigenvalue weighted by atomic mass is 79.9. The van der Waals surface area contributed by atoms with Gasteiger partial charge in [-0.2, -0.15) is 0 Å². The molecule has 1 rings (SSSR count). The maximum absolute atomic E-state index is 5.69. The summed E-state index contributed by atoms with van der Waals surface area (Å²) in [6.45, 7) is 7.09. The van der Waals surface area contributed by atoms with Crippen LogP contribution in [0.4, 0.5) is 0 Å². The number of benzene rings is 1. The Labute approximate surface area is 124 Å². The Hall–Kier alpha value is -0.840. The molecular formula is C15H22BrNO2. The van der Waals surface area contributed by atoms with Crippen molar-refractivity contribution in [2.45, 2.75) is 20.4 Å². The first kappa shape index (κ1) is 16.2. The molecule has 19 heavy (non-hydrogen) atoms. The molecule has 0 heterocycles. The molecule has 1 N–H and O–H groups in total. The van der Waals surface area contributed by atoms with Gasteiger partial charge in [0.15, 0.2) is 0 Å². The number of ether oxygens (including phenoxy) is 2. The van der Waals surface area contributed by atoms with Crippen molar-refractivity contribution in [1.82, 2.24) is 5.32 Å². The molecule has 0 fully saturated rings. The standard InChI is InChI=1S/C15H22BrNO2/c1-12(2)6-8-19-14-4-5-15(16)13(10-14)11-17-7-9-18-3/h4-6,10,17H,7-9,11H2,1-3H3. The van der Waals surface area contributed by atoms with Gasteiger partial charge in [-0.3, -0.25) is 0 Å². The highest BCUT2D eigenvalue weighted by molar-refractivity contribution is 9.10. The van der Waals surface area contributed by atoms with Gasteiger partial charge in [-0.05, 0) is 43.7 Å². The molecule has 0 bridgehead atoms. The summed E-state index contributed by atoms with van der Waals surface area (Å²) in [7, 11) is 1.70. The molecule has 0 spiro atoms. The number of halogens is 1. The van der Waals surface area contributed by atoms with Gasteiger partial charge in [-0.15, -0.1) is 0 Å². The Bertz CT molecular complexity index is 415. The maximum Gasteiger partial charge on any atom is 0.120 e. The molecule has 0 aliphatic heterocycles. The molecule has 0 saturated heterocycles. The van der Waals surface area contributed by atoms with Crippen molar-refractivity contribution in [3.63, 3.8) is 0 Å². The van der Waals surface area contributed by atoms with Crippen LogP contribution in [0, 0.1) is 0 Å². The van der Waals surface area contributed by atoms with E-state index in [9.17, 15) is 0 Å². The first-order valence-electron chi connectivity index (χ1n) is 6.37. The Morgan fingerprint density at radius 2 is 2.16 bits per heavy atom. The lowest BCUT2D eigenvalue weighted by Crippen LogP contribution is -2.18. The van der Waals surface area contributed by atoms with Gasteiger partial charge in [0.1, 0.15) is 12.4 Å². The molecule has 0 radical (unpaired) electrons. The van der Waals surface area contributed by atoms with Gasteiger partial charge in [-0.25, -0.2) is 0 Å². The Kier molecular flexibility index (Phi) is 7.79. The SMILES string of the molecule is COCCNCc1cc(OCC=C(C)C)ccc1Br. The summed E-state index contributed by atoms with van der Waals surface area (Å²) in [5.74, 6) is 0.893. The van der Waals surface area contributed by atoms with Crippen LogP contribution in [-0.2, 0) is 11.3 Å². The van der Waals surface area contributed by atoms with Crippen molar-refractivity contribution in [3.8, 4) is 5.75 Å². The zero-order chi connectivity index (χ0) is 14.1. The number of rotatable bonds is 8. The summed E-state index contributed by atoms with van der Waals surface area (Å²) in [4.78, 5) is 0. The maximum atomic E-state index is 5.69. The van der Waals surface area contributed by atoms with Crippen LogP contribution in [0.15, 0.2) is 34.3 Å². The highest BCUT2D eigenvalue weighted by Gasteiger charge is 2.02.